The predicted molar refractivity (Wildman–Crippen MR) is 55.4 cm³/mol. The molecule has 0 aliphatic carbocycles. The number of carbonyl (C=O) groups is 1. The molecule has 1 aliphatic rings. The highest BCUT2D eigenvalue weighted by molar-refractivity contribution is 8.04. The van der Waals surface area contributed by atoms with Crippen LogP contribution in [0.25, 0.3) is 0 Å². The maximum absolute atomic E-state index is 11.5. The van der Waals surface area contributed by atoms with Gasteiger partial charge in [-0.1, -0.05) is 32.2 Å². The van der Waals surface area contributed by atoms with Crippen molar-refractivity contribution in [2.75, 3.05) is 0 Å². The van der Waals surface area contributed by atoms with Gasteiger partial charge in [-0.3, -0.25) is 4.79 Å². The van der Waals surface area contributed by atoms with E-state index in [1.54, 1.807) is 24.6 Å². The quantitative estimate of drug-likeness (QED) is 0.595. The molecule has 0 radical (unpaired) electrons. The van der Waals surface area contributed by atoms with E-state index < -0.39 is 0 Å². The van der Waals surface area contributed by atoms with Crippen LogP contribution in [-0.4, -0.2) is 23.9 Å². The minimum absolute atomic E-state index is 0.113. The molecule has 0 aromatic carbocycles. The molecule has 1 amide bonds. The average molecular weight is 183 g/mol. The fourth-order valence-corrected chi connectivity index (χ4v) is 2.53. The highest BCUT2D eigenvalue weighted by atomic mass is 32.2. The Morgan fingerprint density at radius 3 is 2.67 bits per heavy atom. The van der Waals surface area contributed by atoms with Crippen LogP contribution < -0.4 is 0 Å². The second-order valence-electron chi connectivity index (χ2n) is 3.53. The molecule has 66 valence electrons. The molecule has 0 bridgehead atoms. The largest absolute Gasteiger partial charge is 0.360 e. The minimum Gasteiger partial charge on any atom is -0.360 e. The Labute approximate surface area is 78.8 Å². The van der Waals surface area contributed by atoms with Crippen molar-refractivity contribution in [1.29, 1.82) is 0 Å². The van der Waals surface area contributed by atoms with E-state index in [2.05, 4.69) is 20.4 Å². The van der Waals surface area contributed by atoms with Gasteiger partial charge in [0, 0.05) is 0 Å². The number of hydrogen-bond donors (Lipinski definition) is 0. The molecule has 0 saturated carbocycles. The highest BCUT2D eigenvalue weighted by Gasteiger charge is 2.32. The van der Waals surface area contributed by atoms with Crippen molar-refractivity contribution in [3.8, 4) is 0 Å². The third kappa shape index (κ3) is 1.86. The molecule has 2 nitrogen and oxygen atoms in total. The van der Waals surface area contributed by atoms with Crippen molar-refractivity contribution < 1.29 is 4.79 Å². The lowest BCUT2D eigenvalue weighted by atomic mass is 10.1. The van der Waals surface area contributed by atoms with E-state index in [0.29, 0.717) is 5.92 Å². The summed E-state index contributed by atoms with van der Waals surface area (Å²) < 4.78 is 0. The molecule has 0 N–H and O–H groups in total. The molecule has 0 aromatic heterocycles. The Hall–Kier alpha value is -0.375. The molecule has 1 atom stereocenters. The van der Waals surface area contributed by atoms with Gasteiger partial charge in [-0.25, -0.2) is 0 Å². The van der Waals surface area contributed by atoms with Crippen LogP contribution in [0.15, 0.2) is 11.6 Å². The lowest BCUT2D eigenvalue weighted by Crippen LogP contribution is -2.26. The summed E-state index contributed by atoms with van der Waals surface area (Å²) in [5, 5.41) is 0.994. The zero-order valence-electron chi connectivity index (χ0n) is 7.83. The molecule has 0 aromatic rings. The smallest absolute Gasteiger partial charge is 0.228 e. The number of thioether (sulfide) groups is 1. The first kappa shape index (κ1) is 9.71. The van der Waals surface area contributed by atoms with Crippen LogP contribution in [0.1, 0.15) is 20.3 Å². The lowest BCUT2D eigenvalue weighted by molar-refractivity contribution is -0.124. The summed E-state index contributed by atoms with van der Waals surface area (Å²) in [4.78, 5) is 13.1. The zero-order chi connectivity index (χ0) is 9.30. The van der Waals surface area contributed by atoms with Gasteiger partial charge in [-0.05, 0) is 12.3 Å². The van der Waals surface area contributed by atoms with E-state index in [9.17, 15) is 4.79 Å². The Morgan fingerprint density at radius 1 is 1.75 bits per heavy atom. The first-order chi connectivity index (χ1) is 5.52. The molecule has 1 aliphatic heterocycles. The van der Waals surface area contributed by atoms with Gasteiger partial charge in [0.25, 0.3) is 0 Å². The van der Waals surface area contributed by atoms with Crippen molar-refractivity contribution in [3.05, 3.63) is 11.6 Å². The van der Waals surface area contributed by atoms with Gasteiger partial charge in [0.05, 0.1) is 10.3 Å². The van der Waals surface area contributed by atoms with Crippen molar-refractivity contribution in [2.45, 2.75) is 25.5 Å². The fourth-order valence-electron chi connectivity index (χ4n) is 1.21. The van der Waals surface area contributed by atoms with E-state index in [4.69, 9.17) is 0 Å². The molecule has 1 unspecified atom stereocenters. The van der Waals surface area contributed by atoms with Gasteiger partial charge in [0.1, 0.15) is 0 Å². The van der Waals surface area contributed by atoms with Gasteiger partial charge < -0.3 is 4.81 Å². The SMILES string of the molecule is BN1C(=C)SC(CC(C)C)C1=O. The maximum Gasteiger partial charge on any atom is 0.228 e. The summed E-state index contributed by atoms with van der Waals surface area (Å²) in [5.74, 6) is 0.782. The summed E-state index contributed by atoms with van der Waals surface area (Å²) >= 11 is 1.59. The van der Waals surface area contributed by atoms with Crippen molar-refractivity contribution in [2.24, 2.45) is 5.92 Å². The van der Waals surface area contributed by atoms with Gasteiger partial charge in [-0.2, -0.15) is 0 Å². The molecular formula is C8H14BNOS. The van der Waals surface area contributed by atoms with E-state index >= 15 is 0 Å². The maximum atomic E-state index is 11.5. The molecular weight excluding hydrogens is 169 g/mol. The first-order valence-corrected chi connectivity index (χ1v) is 5.03. The molecule has 4 heteroatoms. The van der Waals surface area contributed by atoms with E-state index in [1.165, 1.54) is 0 Å². The third-order valence-corrected chi connectivity index (χ3v) is 3.17. The third-order valence-electron chi connectivity index (χ3n) is 1.94. The number of nitrogens with zero attached hydrogens (tertiary/aromatic N) is 1. The van der Waals surface area contributed by atoms with Crippen LogP contribution in [0, 0.1) is 5.92 Å². The first-order valence-electron chi connectivity index (χ1n) is 4.15. The number of rotatable bonds is 2. The number of amides is 1. The van der Waals surface area contributed by atoms with Crippen molar-refractivity contribution in [1.82, 2.24) is 4.81 Å². The Morgan fingerprint density at radius 2 is 2.33 bits per heavy atom. The average Bonchev–Trinajstić information content (AvgIpc) is 2.17. The Balaban J connectivity index is 2.59. The summed E-state index contributed by atoms with van der Waals surface area (Å²) in [6.07, 6.45) is 0.951. The van der Waals surface area contributed by atoms with Crippen LogP contribution in [0.2, 0.25) is 0 Å². The number of hydrogen-bond acceptors (Lipinski definition) is 2. The fraction of sp³-hybridized carbons (Fsp3) is 0.625. The standard InChI is InChI=1S/C8H14BNOS/c1-5(2)4-7-8(11)10(9)6(3)12-7/h5,7H,3-4,9H2,1-2H3. The van der Waals surface area contributed by atoms with Crippen molar-refractivity contribution >= 4 is 25.7 Å². The molecule has 12 heavy (non-hydrogen) atoms. The Bertz CT molecular complexity index is 217. The second-order valence-corrected chi connectivity index (χ2v) is 4.80. The minimum atomic E-state index is 0.113. The molecule has 0 spiro atoms. The Kier molecular flexibility index (Phi) is 2.88. The monoisotopic (exact) mass is 183 g/mol. The molecule has 1 saturated heterocycles. The van der Waals surface area contributed by atoms with Gasteiger partial charge in [0.15, 0.2) is 0 Å². The summed E-state index contributed by atoms with van der Waals surface area (Å²) in [7, 11) is 1.79. The van der Waals surface area contributed by atoms with E-state index in [1.807, 2.05) is 0 Å². The lowest BCUT2D eigenvalue weighted by Gasteiger charge is -2.10. The summed E-state index contributed by atoms with van der Waals surface area (Å²) in [5.41, 5.74) is 0. The number of carbonyl (C=O) groups excluding carboxylic acids is 1. The van der Waals surface area contributed by atoms with Crippen LogP contribution in [0.3, 0.4) is 0 Å². The van der Waals surface area contributed by atoms with E-state index in [-0.39, 0.29) is 11.2 Å². The highest BCUT2D eigenvalue weighted by Crippen LogP contribution is 2.35. The van der Waals surface area contributed by atoms with Crippen LogP contribution in [-0.2, 0) is 4.79 Å². The topological polar surface area (TPSA) is 20.3 Å². The van der Waals surface area contributed by atoms with Gasteiger partial charge in [-0.15, -0.1) is 0 Å². The molecule has 1 fully saturated rings. The summed E-state index contributed by atoms with van der Waals surface area (Å²) in [6, 6.07) is 0. The van der Waals surface area contributed by atoms with Gasteiger partial charge >= 0.3 is 0 Å². The van der Waals surface area contributed by atoms with Crippen LogP contribution in [0.4, 0.5) is 0 Å². The molecule has 1 heterocycles. The van der Waals surface area contributed by atoms with Crippen molar-refractivity contribution in [3.63, 3.8) is 0 Å². The molecule has 1 rings (SSSR count). The zero-order valence-corrected chi connectivity index (χ0v) is 8.65. The summed E-state index contributed by atoms with van der Waals surface area (Å²) in [6.45, 7) is 8.08. The van der Waals surface area contributed by atoms with Crippen LogP contribution in [0.5, 0.6) is 0 Å². The second kappa shape index (κ2) is 3.56. The van der Waals surface area contributed by atoms with Gasteiger partial charge in [0.2, 0.25) is 13.9 Å². The normalized spacial score (nSPS) is 24.2. The van der Waals surface area contributed by atoms with Crippen LogP contribution >= 0.6 is 11.8 Å². The van der Waals surface area contributed by atoms with E-state index in [0.717, 1.165) is 11.4 Å². The predicted octanol–water partition coefficient (Wildman–Crippen LogP) is 0.996.